The van der Waals surface area contributed by atoms with Crippen LogP contribution in [0.3, 0.4) is 0 Å². The summed E-state index contributed by atoms with van der Waals surface area (Å²) in [6.07, 6.45) is 2.12. The fraction of sp³-hybridized carbons (Fsp3) is 0.450. The Hall–Kier alpha value is -4.66. The van der Waals surface area contributed by atoms with E-state index in [0.29, 0.717) is 50.1 Å². The highest BCUT2D eigenvalue weighted by atomic mass is 16.6. The summed E-state index contributed by atoms with van der Waals surface area (Å²) in [6.45, 7) is 10.2. The molecule has 1 aliphatic carbocycles. The van der Waals surface area contributed by atoms with Gasteiger partial charge in [-0.05, 0) is 81.2 Å². The molecule has 0 unspecified atom stereocenters. The van der Waals surface area contributed by atoms with Crippen LogP contribution < -0.4 is 15.4 Å². The molecule has 5 rings (SSSR count). The number of piperidine rings is 1. The van der Waals surface area contributed by atoms with Crippen LogP contribution in [0.15, 0.2) is 78.9 Å². The minimum Gasteiger partial charge on any atom is -0.496 e. The van der Waals surface area contributed by atoms with Gasteiger partial charge < -0.3 is 25.0 Å². The quantitative estimate of drug-likeness (QED) is 0.281. The molecule has 49 heavy (non-hydrogen) atoms. The molecule has 0 aromatic heterocycles. The summed E-state index contributed by atoms with van der Waals surface area (Å²) < 4.78 is 11.1. The third kappa shape index (κ3) is 7.66. The van der Waals surface area contributed by atoms with E-state index in [1.165, 1.54) is 0 Å². The molecular weight excluding hydrogens is 618 g/mol. The van der Waals surface area contributed by atoms with E-state index in [0.717, 1.165) is 16.7 Å². The van der Waals surface area contributed by atoms with Crippen LogP contribution in [0, 0.1) is 5.92 Å². The fourth-order valence-electron chi connectivity index (χ4n) is 7.17. The number of amides is 3. The van der Waals surface area contributed by atoms with Crippen LogP contribution in [0.1, 0.15) is 93.3 Å². The molecule has 3 aromatic carbocycles. The zero-order valence-corrected chi connectivity index (χ0v) is 29.5. The first-order chi connectivity index (χ1) is 23.4. The molecule has 0 radical (unpaired) electrons. The average molecular weight is 668 g/mol. The summed E-state index contributed by atoms with van der Waals surface area (Å²) in [6, 6.07) is 23.6. The van der Waals surface area contributed by atoms with Crippen molar-refractivity contribution in [2.45, 2.75) is 89.3 Å². The largest absolute Gasteiger partial charge is 0.496 e. The highest BCUT2D eigenvalue weighted by Gasteiger charge is 2.50. The van der Waals surface area contributed by atoms with Crippen LogP contribution in [-0.4, -0.2) is 66.5 Å². The fourth-order valence-corrected chi connectivity index (χ4v) is 7.17. The van der Waals surface area contributed by atoms with Gasteiger partial charge in [0.15, 0.2) is 0 Å². The number of para-hydroxylation sites is 1. The smallest absolute Gasteiger partial charge is 0.329 e. The SMILES string of the molecule is COc1ccccc1C(=O)NC1CCN(C(=O)[C@H]2CC[C@@](C(=O)N[C@@H](C(=O)OC(C)(C)C)C(C)C)(c3ccccc3)c3ccccc32)CC1. The van der Waals surface area contributed by atoms with E-state index >= 15 is 0 Å². The zero-order chi connectivity index (χ0) is 35.3. The molecule has 0 bridgehead atoms. The van der Waals surface area contributed by atoms with Crippen molar-refractivity contribution >= 4 is 23.7 Å². The Kier molecular flexibility index (Phi) is 10.8. The molecule has 1 fully saturated rings. The van der Waals surface area contributed by atoms with Gasteiger partial charge in [-0.2, -0.15) is 0 Å². The van der Waals surface area contributed by atoms with Crippen LogP contribution in [0.5, 0.6) is 5.75 Å². The van der Waals surface area contributed by atoms with Gasteiger partial charge in [0.25, 0.3) is 5.91 Å². The maximum Gasteiger partial charge on any atom is 0.329 e. The Morgan fingerprint density at radius 3 is 2.14 bits per heavy atom. The number of fused-ring (bicyclic) bond motifs is 1. The number of esters is 1. The molecule has 2 N–H and O–H groups in total. The van der Waals surface area contributed by atoms with Crippen LogP contribution in [-0.2, 0) is 24.5 Å². The predicted molar refractivity (Wildman–Crippen MR) is 188 cm³/mol. The summed E-state index contributed by atoms with van der Waals surface area (Å²) in [5, 5.41) is 6.20. The van der Waals surface area contributed by atoms with Gasteiger partial charge >= 0.3 is 5.97 Å². The number of hydrogen-bond acceptors (Lipinski definition) is 6. The number of nitrogens with zero attached hydrogens (tertiary/aromatic N) is 1. The van der Waals surface area contributed by atoms with E-state index in [-0.39, 0.29) is 29.7 Å². The lowest BCUT2D eigenvalue weighted by Crippen LogP contribution is -2.55. The number of ether oxygens (including phenoxy) is 2. The molecule has 2 aliphatic rings. The second-order valence-corrected chi connectivity index (χ2v) is 14.5. The molecule has 260 valence electrons. The van der Waals surface area contributed by atoms with Crippen molar-refractivity contribution in [1.82, 2.24) is 15.5 Å². The topological polar surface area (TPSA) is 114 Å². The summed E-state index contributed by atoms with van der Waals surface area (Å²) in [5.41, 5.74) is 1.08. The minimum atomic E-state index is -1.11. The number of methoxy groups -OCH3 is 1. The van der Waals surface area contributed by atoms with Crippen molar-refractivity contribution in [1.29, 1.82) is 0 Å². The Bertz CT molecular complexity index is 1660. The first-order valence-electron chi connectivity index (χ1n) is 17.3. The number of hydrogen-bond donors (Lipinski definition) is 2. The highest BCUT2D eigenvalue weighted by molar-refractivity contribution is 5.98. The van der Waals surface area contributed by atoms with E-state index in [1.807, 2.05) is 100 Å². The van der Waals surface area contributed by atoms with Gasteiger partial charge in [0.05, 0.1) is 24.0 Å². The lowest BCUT2D eigenvalue weighted by Gasteiger charge is -2.43. The Morgan fingerprint density at radius 2 is 1.49 bits per heavy atom. The molecule has 9 heteroatoms. The lowest BCUT2D eigenvalue weighted by atomic mass is 9.62. The van der Waals surface area contributed by atoms with Crippen LogP contribution in [0.25, 0.3) is 0 Å². The maximum atomic E-state index is 14.7. The van der Waals surface area contributed by atoms with Gasteiger partial charge in [-0.25, -0.2) is 4.79 Å². The van der Waals surface area contributed by atoms with Crippen molar-refractivity contribution in [3.63, 3.8) is 0 Å². The molecule has 0 saturated carbocycles. The van der Waals surface area contributed by atoms with Crippen LogP contribution >= 0.6 is 0 Å². The Morgan fingerprint density at radius 1 is 0.857 bits per heavy atom. The van der Waals surface area contributed by atoms with Crippen molar-refractivity contribution < 1.29 is 28.7 Å². The van der Waals surface area contributed by atoms with E-state index in [1.54, 1.807) is 25.3 Å². The van der Waals surface area contributed by atoms with Crippen molar-refractivity contribution in [2.24, 2.45) is 5.92 Å². The number of nitrogens with one attached hydrogen (secondary N) is 2. The first kappa shape index (κ1) is 35.6. The number of carbonyl (C=O) groups is 4. The zero-order valence-electron chi connectivity index (χ0n) is 29.5. The van der Waals surface area contributed by atoms with E-state index in [2.05, 4.69) is 10.6 Å². The Labute approximate surface area is 289 Å². The lowest BCUT2D eigenvalue weighted by molar-refractivity contribution is -0.160. The monoisotopic (exact) mass is 667 g/mol. The van der Waals surface area contributed by atoms with Gasteiger partial charge in [0.1, 0.15) is 17.4 Å². The van der Waals surface area contributed by atoms with E-state index in [9.17, 15) is 19.2 Å². The number of carbonyl (C=O) groups excluding carboxylic acids is 4. The molecular formula is C40H49N3O6. The molecule has 3 amide bonds. The molecule has 1 saturated heterocycles. The molecule has 1 heterocycles. The van der Waals surface area contributed by atoms with Crippen molar-refractivity contribution in [2.75, 3.05) is 20.2 Å². The van der Waals surface area contributed by atoms with E-state index in [4.69, 9.17) is 9.47 Å². The van der Waals surface area contributed by atoms with Gasteiger partial charge in [-0.1, -0.05) is 80.6 Å². The predicted octanol–water partition coefficient (Wildman–Crippen LogP) is 5.76. The number of likely N-dealkylation sites (tertiary alicyclic amines) is 1. The average Bonchev–Trinajstić information content (AvgIpc) is 3.09. The van der Waals surface area contributed by atoms with Gasteiger partial charge in [0.2, 0.25) is 11.8 Å². The molecule has 3 atom stereocenters. The molecule has 0 spiro atoms. The molecule has 9 nitrogen and oxygen atoms in total. The minimum absolute atomic E-state index is 0.0258. The van der Waals surface area contributed by atoms with Crippen molar-refractivity contribution in [3.8, 4) is 5.75 Å². The summed E-state index contributed by atoms with van der Waals surface area (Å²) >= 11 is 0. The third-order valence-corrected chi connectivity index (χ3v) is 9.66. The van der Waals surface area contributed by atoms with Crippen molar-refractivity contribution in [3.05, 3.63) is 101 Å². The third-order valence-electron chi connectivity index (χ3n) is 9.66. The summed E-state index contributed by atoms with van der Waals surface area (Å²) in [7, 11) is 1.54. The summed E-state index contributed by atoms with van der Waals surface area (Å²) in [4.78, 5) is 57.0. The summed E-state index contributed by atoms with van der Waals surface area (Å²) in [5.74, 6) is -1.03. The van der Waals surface area contributed by atoms with Crippen LogP contribution in [0.4, 0.5) is 0 Å². The molecule has 3 aromatic rings. The van der Waals surface area contributed by atoms with Crippen LogP contribution in [0.2, 0.25) is 0 Å². The highest BCUT2D eigenvalue weighted by Crippen LogP contribution is 2.48. The van der Waals surface area contributed by atoms with Gasteiger partial charge in [0, 0.05) is 19.1 Å². The van der Waals surface area contributed by atoms with E-state index < -0.39 is 28.9 Å². The number of rotatable bonds is 9. The molecule has 1 aliphatic heterocycles. The van der Waals surface area contributed by atoms with Gasteiger partial charge in [-0.15, -0.1) is 0 Å². The Balaban J connectivity index is 1.37. The first-order valence-corrected chi connectivity index (χ1v) is 17.3. The maximum absolute atomic E-state index is 14.7. The second-order valence-electron chi connectivity index (χ2n) is 14.5. The second kappa shape index (κ2) is 14.8. The van der Waals surface area contributed by atoms with Gasteiger partial charge in [-0.3, -0.25) is 14.4 Å². The normalized spacial score (nSPS) is 20.1. The standard InChI is InChI=1S/C40H49N3O6/c1-26(2)34(37(46)49-39(3,4)5)42-38(47)40(27-14-8-7-9-15-27)23-20-30(29-16-10-12-18-32(29)40)36(45)43-24-21-28(22-25-43)41-35(44)31-17-11-13-19-33(31)48-6/h7-19,26,28,30,34H,20-25H2,1-6H3,(H,41,44)(H,42,47)/t30-,34+,40+/m0/s1. The number of benzene rings is 3.